The number of nitrogens with one attached hydrogen (secondary N) is 1. The van der Waals surface area contributed by atoms with Crippen molar-refractivity contribution in [1.29, 1.82) is 0 Å². The van der Waals surface area contributed by atoms with Crippen LogP contribution in [0.1, 0.15) is 56.6 Å². The van der Waals surface area contributed by atoms with Crippen LogP contribution in [0.2, 0.25) is 5.02 Å². The first kappa shape index (κ1) is 22.4. The van der Waals surface area contributed by atoms with Gasteiger partial charge in [-0.05, 0) is 48.9 Å². The number of hydrogen-bond donors (Lipinski definition) is 1. The molecule has 1 aliphatic carbocycles. The lowest BCUT2D eigenvalue weighted by atomic mass is 10.1. The zero-order chi connectivity index (χ0) is 21.3. The van der Waals surface area contributed by atoms with Gasteiger partial charge in [0.15, 0.2) is 0 Å². The molecule has 0 spiro atoms. The molecule has 0 heterocycles. The van der Waals surface area contributed by atoms with Crippen molar-refractivity contribution in [2.75, 3.05) is 0 Å². The molecule has 0 aromatic heterocycles. The van der Waals surface area contributed by atoms with E-state index in [0.29, 0.717) is 30.8 Å². The summed E-state index contributed by atoms with van der Waals surface area (Å²) in [5.41, 5.74) is 2.10. The molecule has 2 amide bonds. The fourth-order valence-corrected chi connectivity index (χ4v) is 4.24. The first-order chi connectivity index (χ1) is 14.6. The van der Waals surface area contributed by atoms with Crippen molar-refractivity contribution in [2.45, 2.75) is 70.5 Å². The molecular weight excluding hydrogens is 396 g/mol. The molecule has 30 heavy (non-hydrogen) atoms. The third-order valence-electron chi connectivity index (χ3n) is 5.82. The molecule has 160 valence electrons. The third-order valence-corrected chi connectivity index (χ3v) is 6.08. The maximum atomic E-state index is 13.2. The van der Waals surface area contributed by atoms with Crippen molar-refractivity contribution >= 4 is 23.4 Å². The Kier molecular flexibility index (Phi) is 8.32. The number of hydrogen-bond acceptors (Lipinski definition) is 2. The smallest absolute Gasteiger partial charge is 0.243 e. The third kappa shape index (κ3) is 6.33. The van der Waals surface area contributed by atoms with E-state index >= 15 is 0 Å². The van der Waals surface area contributed by atoms with Gasteiger partial charge in [0, 0.05) is 24.0 Å². The van der Waals surface area contributed by atoms with Gasteiger partial charge in [-0.2, -0.15) is 0 Å². The maximum Gasteiger partial charge on any atom is 0.243 e. The van der Waals surface area contributed by atoms with Crippen LogP contribution < -0.4 is 5.32 Å². The molecule has 1 N–H and O–H groups in total. The van der Waals surface area contributed by atoms with Crippen LogP contribution in [0.5, 0.6) is 0 Å². The maximum absolute atomic E-state index is 13.2. The minimum absolute atomic E-state index is 0.00206. The average molecular weight is 427 g/mol. The summed E-state index contributed by atoms with van der Waals surface area (Å²) < 4.78 is 0. The Morgan fingerprint density at radius 2 is 1.70 bits per heavy atom. The monoisotopic (exact) mass is 426 g/mol. The quantitative estimate of drug-likeness (QED) is 0.603. The SMILES string of the molecule is CC[C@H](C(=O)NC1CCCC1)N(Cc1ccc(Cl)cc1)C(=O)CCc1ccccc1. The number of amides is 2. The van der Waals surface area contributed by atoms with Gasteiger partial charge in [0.2, 0.25) is 11.8 Å². The first-order valence-electron chi connectivity index (χ1n) is 10.9. The summed E-state index contributed by atoms with van der Waals surface area (Å²) in [4.78, 5) is 28.1. The van der Waals surface area contributed by atoms with Crippen LogP contribution in [0.15, 0.2) is 54.6 Å². The fraction of sp³-hybridized carbons (Fsp3) is 0.440. The fourth-order valence-electron chi connectivity index (χ4n) is 4.11. The van der Waals surface area contributed by atoms with Gasteiger partial charge in [-0.25, -0.2) is 0 Å². The van der Waals surface area contributed by atoms with Crippen LogP contribution in [-0.2, 0) is 22.6 Å². The molecule has 2 aromatic carbocycles. The Hall–Kier alpha value is -2.33. The van der Waals surface area contributed by atoms with Gasteiger partial charge in [0.1, 0.15) is 6.04 Å². The van der Waals surface area contributed by atoms with Gasteiger partial charge < -0.3 is 10.2 Å². The second-order valence-corrected chi connectivity index (χ2v) is 8.48. The molecule has 5 heteroatoms. The van der Waals surface area contributed by atoms with E-state index in [1.807, 2.05) is 61.5 Å². The molecule has 1 saturated carbocycles. The number of carbonyl (C=O) groups excluding carboxylic acids is 2. The van der Waals surface area contributed by atoms with Crippen molar-refractivity contribution in [3.63, 3.8) is 0 Å². The molecule has 0 bridgehead atoms. The van der Waals surface area contributed by atoms with Crippen molar-refractivity contribution in [3.05, 3.63) is 70.7 Å². The number of aryl methyl sites for hydroxylation is 1. The average Bonchev–Trinajstić information content (AvgIpc) is 3.27. The van der Waals surface area contributed by atoms with Crippen molar-refractivity contribution in [3.8, 4) is 0 Å². The van der Waals surface area contributed by atoms with Crippen LogP contribution in [-0.4, -0.2) is 28.8 Å². The summed E-state index contributed by atoms with van der Waals surface area (Å²) in [5, 5.41) is 3.84. The molecule has 4 nitrogen and oxygen atoms in total. The summed E-state index contributed by atoms with van der Waals surface area (Å²) in [6.45, 7) is 2.37. The Bertz CT molecular complexity index is 817. The second-order valence-electron chi connectivity index (χ2n) is 8.05. The van der Waals surface area contributed by atoms with E-state index in [1.54, 1.807) is 4.90 Å². The zero-order valence-corrected chi connectivity index (χ0v) is 18.4. The van der Waals surface area contributed by atoms with Gasteiger partial charge in [-0.15, -0.1) is 0 Å². The largest absolute Gasteiger partial charge is 0.352 e. The molecular formula is C25H31ClN2O2. The van der Waals surface area contributed by atoms with E-state index in [9.17, 15) is 9.59 Å². The van der Waals surface area contributed by atoms with E-state index in [0.717, 1.165) is 36.8 Å². The highest BCUT2D eigenvalue weighted by Gasteiger charge is 2.30. The van der Waals surface area contributed by atoms with Gasteiger partial charge in [0.25, 0.3) is 0 Å². The number of carbonyl (C=O) groups is 2. The molecule has 1 fully saturated rings. The van der Waals surface area contributed by atoms with Crippen LogP contribution in [0.25, 0.3) is 0 Å². The van der Waals surface area contributed by atoms with E-state index in [4.69, 9.17) is 11.6 Å². The Balaban J connectivity index is 1.74. The Labute approximate surface area is 184 Å². The lowest BCUT2D eigenvalue weighted by Crippen LogP contribution is -2.51. The predicted molar refractivity (Wildman–Crippen MR) is 121 cm³/mol. The summed E-state index contributed by atoms with van der Waals surface area (Å²) in [7, 11) is 0. The highest BCUT2D eigenvalue weighted by Crippen LogP contribution is 2.20. The van der Waals surface area contributed by atoms with Gasteiger partial charge in [0.05, 0.1) is 0 Å². The highest BCUT2D eigenvalue weighted by atomic mass is 35.5. The summed E-state index contributed by atoms with van der Waals surface area (Å²) in [5.74, 6) is -0.0337. The summed E-state index contributed by atoms with van der Waals surface area (Å²) in [6, 6.07) is 17.2. The number of halogens is 1. The van der Waals surface area contributed by atoms with Crippen LogP contribution in [0.3, 0.4) is 0 Å². The number of nitrogens with zero attached hydrogens (tertiary/aromatic N) is 1. The van der Waals surface area contributed by atoms with E-state index in [1.165, 1.54) is 0 Å². The standard InChI is InChI=1S/C25H31ClN2O2/c1-2-23(25(30)27-22-10-6-7-11-22)28(18-20-12-15-21(26)16-13-20)24(29)17-14-19-8-4-3-5-9-19/h3-5,8-9,12-13,15-16,22-23H,2,6-7,10-11,14,17-18H2,1H3,(H,27,30)/t23-/m1/s1. The van der Waals surface area contributed by atoms with E-state index in [-0.39, 0.29) is 17.9 Å². The molecule has 1 aliphatic rings. The molecule has 3 rings (SSSR count). The Morgan fingerprint density at radius 3 is 2.33 bits per heavy atom. The Morgan fingerprint density at radius 1 is 1.03 bits per heavy atom. The van der Waals surface area contributed by atoms with E-state index < -0.39 is 6.04 Å². The molecule has 1 atom stereocenters. The molecule has 0 aliphatic heterocycles. The van der Waals surface area contributed by atoms with Gasteiger partial charge in [-0.3, -0.25) is 9.59 Å². The molecule has 0 saturated heterocycles. The van der Waals surface area contributed by atoms with E-state index in [2.05, 4.69) is 5.32 Å². The second kappa shape index (κ2) is 11.2. The highest BCUT2D eigenvalue weighted by molar-refractivity contribution is 6.30. The number of rotatable bonds is 9. The van der Waals surface area contributed by atoms with Gasteiger partial charge in [-0.1, -0.05) is 73.8 Å². The predicted octanol–water partition coefficient (Wildman–Crippen LogP) is 5.14. The molecule has 0 unspecified atom stereocenters. The van der Waals surface area contributed by atoms with Crippen molar-refractivity contribution in [2.24, 2.45) is 0 Å². The van der Waals surface area contributed by atoms with Crippen molar-refractivity contribution in [1.82, 2.24) is 10.2 Å². The first-order valence-corrected chi connectivity index (χ1v) is 11.3. The lowest BCUT2D eigenvalue weighted by Gasteiger charge is -2.31. The van der Waals surface area contributed by atoms with Crippen LogP contribution in [0, 0.1) is 0 Å². The summed E-state index contributed by atoms with van der Waals surface area (Å²) in [6.07, 6.45) is 6.01. The van der Waals surface area contributed by atoms with Gasteiger partial charge >= 0.3 is 0 Å². The lowest BCUT2D eigenvalue weighted by molar-refractivity contribution is -0.141. The zero-order valence-electron chi connectivity index (χ0n) is 17.6. The summed E-state index contributed by atoms with van der Waals surface area (Å²) >= 11 is 6.02. The minimum atomic E-state index is -0.468. The topological polar surface area (TPSA) is 49.4 Å². The van der Waals surface area contributed by atoms with Crippen molar-refractivity contribution < 1.29 is 9.59 Å². The number of benzene rings is 2. The normalized spacial score (nSPS) is 15.0. The molecule has 0 radical (unpaired) electrons. The molecule has 2 aromatic rings. The minimum Gasteiger partial charge on any atom is -0.352 e. The van der Waals surface area contributed by atoms with Crippen LogP contribution in [0.4, 0.5) is 0 Å². The van der Waals surface area contributed by atoms with Crippen LogP contribution >= 0.6 is 11.6 Å².